The SMILES string of the molecule is CCCCN1C=NN(C)C1C(F)(F)F. The van der Waals surface area contributed by atoms with Crippen LogP contribution in [0.2, 0.25) is 0 Å². The molecule has 0 spiro atoms. The molecule has 1 rings (SSSR count). The zero-order valence-corrected chi connectivity index (χ0v) is 8.25. The number of hydrogen-bond acceptors (Lipinski definition) is 3. The van der Waals surface area contributed by atoms with Crippen molar-refractivity contribution in [3.8, 4) is 0 Å². The van der Waals surface area contributed by atoms with Crippen LogP contribution in [0.25, 0.3) is 0 Å². The summed E-state index contributed by atoms with van der Waals surface area (Å²) in [6.45, 7) is 2.34. The largest absolute Gasteiger partial charge is 0.429 e. The van der Waals surface area contributed by atoms with Crippen LogP contribution < -0.4 is 0 Å². The molecule has 0 radical (unpaired) electrons. The summed E-state index contributed by atoms with van der Waals surface area (Å²) >= 11 is 0. The topological polar surface area (TPSA) is 18.8 Å². The van der Waals surface area contributed by atoms with E-state index in [0.29, 0.717) is 6.54 Å². The van der Waals surface area contributed by atoms with E-state index in [2.05, 4.69) is 5.10 Å². The highest BCUT2D eigenvalue weighted by molar-refractivity contribution is 5.57. The number of nitrogens with zero attached hydrogens (tertiary/aromatic N) is 3. The summed E-state index contributed by atoms with van der Waals surface area (Å²) < 4.78 is 37.6. The highest BCUT2D eigenvalue weighted by atomic mass is 19.4. The molecule has 0 aliphatic carbocycles. The van der Waals surface area contributed by atoms with Gasteiger partial charge in [-0.15, -0.1) is 0 Å². The van der Waals surface area contributed by atoms with Crippen molar-refractivity contribution in [1.29, 1.82) is 0 Å². The van der Waals surface area contributed by atoms with Crippen LogP contribution in [0.1, 0.15) is 19.8 Å². The lowest BCUT2D eigenvalue weighted by atomic mass is 10.3. The first-order valence-corrected chi connectivity index (χ1v) is 4.56. The molecule has 3 nitrogen and oxygen atoms in total. The monoisotopic (exact) mass is 209 g/mol. The zero-order chi connectivity index (χ0) is 10.8. The minimum atomic E-state index is -4.25. The molecule has 1 heterocycles. The van der Waals surface area contributed by atoms with Crippen LogP contribution in [0.3, 0.4) is 0 Å². The molecule has 0 aromatic heterocycles. The average molecular weight is 209 g/mol. The molecular formula is C8H14F3N3. The molecule has 0 N–H and O–H groups in total. The van der Waals surface area contributed by atoms with E-state index < -0.39 is 12.3 Å². The highest BCUT2D eigenvalue weighted by Gasteiger charge is 2.47. The molecule has 1 aliphatic rings. The van der Waals surface area contributed by atoms with Gasteiger partial charge >= 0.3 is 6.18 Å². The molecule has 0 amide bonds. The van der Waals surface area contributed by atoms with E-state index in [1.807, 2.05) is 6.92 Å². The lowest BCUT2D eigenvalue weighted by Gasteiger charge is -2.29. The van der Waals surface area contributed by atoms with Gasteiger partial charge in [0.25, 0.3) is 0 Å². The molecule has 14 heavy (non-hydrogen) atoms. The maximum Gasteiger partial charge on any atom is 0.429 e. The van der Waals surface area contributed by atoms with Crippen LogP contribution in [0.5, 0.6) is 0 Å². The molecule has 0 aromatic carbocycles. The second-order valence-corrected chi connectivity index (χ2v) is 3.31. The van der Waals surface area contributed by atoms with Gasteiger partial charge in [0, 0.05) is 13.6 Å². The third-order valence-corrected chi connectivity index (χ3v) is 2.11. The Kier molecular flexibility index (Phi) is 3.23. The Hall–Kier alpha value is -0.940. The van der Waals surface area contributed by atoms with Crippen molar-refractivity contribution in [3.05, 3.63) is 0 Å². The fourth-order valence-corrected chi connectivity index (χ4v) is 1.41. The Morgan fingerprint density at radius 3 is 2.57 bits per heavy atom. The number of halogens is 3. The maximum absolute atomic E-state index is 12.5. The van der Waals surface area contributed by atoms with Crippen molar-refractivity contribution in [2.45, 2.75) is 32.1 Å². The molecule has 0 bridgehead atoms. The minimum absolute atomic E-state index is 0.397. The van der Waals surface area contributed by atoms with E-state index in [4.69, 9.17) is 0 Å². The molecule has 6 heteroatoms. The Labute approximate surface area is 81.2 Å². The number of hydrazone groups is 1. The van der Waals surface area contributed by atoms with Crippen molar-refractivity contribution < 1.29 is 13.2 Å². The fraction of sp³-hybridized carbons (Fsp3) is 0.875. The maximum atomic E-state index is 12.5. The number of hydrogen-bond donors (Lipinski definition) is 0. The zero-order valence-electron chi connectivity index (χ0n) is 8.25. The Balaban J connectivity index is 2.62. The average Bonchev–Trinajstić information content (AvgIpc) is 2.42. The van der Waals surface area contributed by atoms with Crippen molar-refractivity contribution in [3.63, 3.8) is 0 Å². The van der Waals surface area contributed by atoms with Gasteiger partial charge in [-0.05, 0) is 6.42 Å². The van der Waals surface area contributed by atoms with E-state index in [9.17, 15) is 13.2 Å². The molecule has 1 aliphatic heterocycles. The van der Waals surface area contributed by atoms with Crippen LogP contribution in [-0.2, 0) is 0 Å². The third kappa shape index (κ3) is 2.30. The predicted octanol–water partition coefficient (Wildman–Crippen LogP) is 1.87. The summed E-state index contributed by atoms with van der Waals surface area (Å²) in [6, 6.07) is 0. The third-order valence-electron chi connectivity index (χ3n) is 2.11. The van der Waals surface area contributed by atoms with E-state index in [0.717, 1.165) is 17.9 Å². The molecular weight excluding hydrogens is 195 g/mol. The summed E-state index contributed by atoms with van der Waals surface area (Å²) in [5.41, 5.74) is 0. The number of alkyl halides is 3. The van der Waals surface area contributed by atoms with Crippen LogP contribution >= 0.6 is 0 Å². The first-order valence-electron chi connectivity index (χ1n) is 4.56. The van der Waals surface area contributed by atoms with Crippen molar-refractivity contribution >= 4 is 6.34 Å². The molecule has 0 saturated carbocycles. The van der Waals surface area contributed by atoms with Gasteiger partial charge in [0.05, 0.1) is 0 Å². The summed E-state index contributed by atoms with van der Waals surface area (Å²) in [5.74, 6) is 0. The van der Waals surface area contributed by atoms with E-state index in [1.54, 1.807) is 0 Å². The molecule has 0 saturated heterocycles. The molecule has 82 valence electrons. The van der Waals surface area contributed by atoms with E-state index in [1.165, 1.54) is 18.3 Å². The van der Waals surface area contributed by atoms with Crippen molar-refractivity contribution in [2.24, 2.45) is 5.10 Å². The first-order chi connectivity index (χ1) is 6.46. The summed E-state index contributed by atoms with van der Waals surface area (Å²) in [4.78, 5) is 1.23. The smallest absolute Gasteiger partial charge is 0.332 e. The first kappa shape index (κ1) is 11.1. The Bertz CT molecular complexity index is 214. The van der Waals surface area contributed by atoms with Gasteiger partial charge in [0.15, 0.2) is 0 Å². The van der Waals surface area contributed by atoms with Gasteiger partial charge in [-0.2, -0.15) is 18.3 Å². The molecule has 0 aromatic rings. The van der Waals surface area contributed by atoms with Crippen LogP contribution in [-0.4, -0.2) is 42.2 Å². The summed E-state index contributed by atoms with van der Waals surface area (Å²) in [7, 11) is 1.33. The normalized spacial score (nSPS) is 22.2. The second kappa shape index (κ2) is 4.06. The molecule has 0 fully saturated rings. The van der Waals surface area contributed by atoms with E-state index >= 15 is 0 Å². The van der Waals surface area contributed by atoms with Gasteiger partial charge in [-0.1, -0.05) is 13.3 Å². The molecule has 1 unspecified atom stereocenters. The minimum Gasteiger partial charge on any atom is -0.332 e. The lowest BCUT2D eigenvalue weighted by molar-refractivity contribution is -0.203. The van der Waals surface area contributed by atoms with Crippen LogP contribution in [0.15, 0.2) is 5.10 Å². The number of unbranched alkanes of at least 4 members (excludes halogenated alkanes) is 1. The summed E-state index contributed by atoms with van der Waals surface area (Å²) in [6.07, 6.45) is -2.97. The molecule has 1 atom stereocenters. The predicted molar refractivity (Wildman–Crippen MR) is 47.7 cm³/mol. The quantitative estimate of drug-likeness (QED) is 0.706. The van der Waals surface area contributed by atoms with Crippen molar-refractivity contribution in [2.75, 3.05) is 13.6 Å². The van der Waals surface area contributed by atoms with Crippen LogP contribution in [0, 0.1) is 0 Å². The van der Waals surface area contributed by atoms with Gasteiger partial charge in [0.2, 0.25) is 6.17 Å². The Morgan fingerprint density at radius 1 is 1.43 bits per heavy atom. The lowest BCUT2D eigenvalue weighted by Crippen LogP contribution is -2.49. The van der Waals surface area contributed by atoms with Gasteiger partial charge in [0.1, 0.15) is 6.34 Å². The second-order valence-electron chi connectivity index (χ2n) is 3.31. The van der Waals surface area contributed by atoms with Crippen LogP contribution in [0.4, 0.5) is 13.2 Å². The summed E-state index contributed by atoms with van der Waals surface area (Å²) in [5, 5.41) is 4.57. The highest BCUT2D eigenvalue weighted by Crippen LogP contribution is 2.29. The van der Waals surface area contributed by atoms with Gasteiger partial charge in [-0.25, -0.2) is 0 Å². The van der Waals surface area contributed by atoms with Gasteiger partial charge < -0.3 is 4.90 Å². The number of rotatable bonds is 3. The van der Waals surface area contributed by atoms with E-state index in [-0.39, 0.29) is 0 Å². The Morgan fingerprint density at radius 2 is 2.07 bits per heavy atom. The fourth-order valence-electron chi connectivity index (χ4n) is 1.41. The standard InChI is InChI=1S/C8H14F3N3/c1-3-4-5-14-6-12-13(2)7(14)8(9,10)11/h6-7H,3-5H2,1-2H3. The van der Waals surface area contributed by atoms with Gasteiger partial charge in [-0.3, -0.25) is 5.01 Å². The van der Waals surface area contributed by atoms with Crippen molar-refractivity contribution in [1.82, 2.24) is 9.91 Å².